The number of likely N-dealkylation sites (tertiary alicyclic amines) is 1. The molecule has 1 saturated heterocycles. The van der Waals surface area contributed by atoms with E-state index in [2.05, 4.69) is 20.6 Å². The number of hydrogen-bond donors (Lipinski definition) is 3. The Labute approximate surface area is 226 Å². The highest BCUT2D eigenvalue weighted by atomic mass is 32.2. The Hall–Kier alpha value is -4.48. The molecule has 0 unspecified atom stereocenters. The fraction of sp³-hybridized carbons (Fsp3) is 0.179. The zero-order valence-corrected chi connectivity index (χ0v) is 21.8. The summed E-state index contributed by atoms with van der Waals surface area (Å²) >= 11 is 0. The number of nitrogens with zero attached hydrogens (tertiary/aromatic N) is 3. The first kappa shape index (κ1) is 26.1. The molecule has 10 nitrogen and oxygen atoms in total. The van der Waals surface area contributed by atoms with Crippen LogP contribution in [0.2, 0.25) is 0 Å². The van der Waals surface area contributed by atoms with Crippen molar-refractivity contribution in [2.45, 2.75) is 23.8 Å². The molecule has 0 bridgehead atoms. The third kappa shape index (κ3) is 6.70. The number of para-hydroxylation sites is 2. The molecule has 39 heavy (non-hydrogen) atoms. The van der Waals surface area contributed by atoms with Crippen LogP contribution in [-0.4, -0.2) is 48.3 Å². The molecule has 0 atom stereocenters. The lowest BCUT2D eigenvalue weighted by Crippen LogP contribution is -2.42. The van der Waals surface area contributed by atoms with Gasteiger partial charge in [-0.1, -0.05) is 30.3 Å². The molecule has 4 N–H and O–H groups in total. The van der Waals surface area contributed by atoms with Crippen molar-refractivity contribution in [1.29, 1.82) is 0 Å². The predicted molar refractivity (Wildman–Crippen MR) is 149 cm³/mol. The first-order valence-corrected chi connectivity index (χ1v) is 14.0. The molecule has 1 fully saturated rings. The zero-order valence-electron chi connectivity index (χ0n) is 21.0. The van der Waals surface area contributed by atoms with E-state index in [0.717, 1.165) is 12.8 Å². The van der Waals surface area contributed by atoms with Crippen molar-refractivity contribution in [2.75, 3.05) is 23.7 Å². The first-order valence-electron chi connectivity index (χ1n) is 12.5. The third-order valence-electron chi connectivity index (χ3n) is 6.32. The maximum Gasteiger partial charge on any atom is 0.257 e. The van der Waals surface area contributed by atoms with Crippen molar-refractivity contribution in [1.82, 2.24) is 14.9 Å². The normalized spacial score (nSPS) is 14.0. The van der Waals surface area contributed by atoms with E-state index < -0.39 is 10.0 Å². The zero-order chi connectivity index (χ0) is 27.2. The lowest BCUT2D eigenvalue weighted by Gasteiger charge is -2.33. The summed E-state index contributed by atoms with van der Waals surface area (Å²) in [5.41, 5.74) is 1.17. The minimum absolute atomic E-state index is 0.0291. The van der Waals surface area contributed by atoms with Gasteiger partial charge >= 0.3 is 0 Å². The quantitative estimate of drug-likeness (QED) is 0.297. The van der Waals surface area contributed by atoms with Crippen molar-refractivity contribution in [3.63, 3.8) is 0 Å². The molecule has 200 valence electrons. The van der Waals surface area contributed by atoms with Crippen LogP contribution in [0.25, 0.3) is 0 Å². The molecule has 0 aliphatic carbocycles. The molecular weight excluding hydrogens is 516 g/mol. The second kappa shape index (κ2) is 11.5. The maximum absolute atomic E-state index is 13.3. The molecule has 1 amide bonds. The Balaban J connectivity index is 1.17. The summed E-state index contributed by atoms with van der Waals surface area (Å²) in [5.74, 6) is 2.18. The number of carbonyl (C=O) groups excluding carboxylic acids is 1. The van der Waals surface area contributed by atoms with E-state index in [4.69, 9.17) is 9.88 Å². The second-order valence-electron chi connectivity index (χ2n) is 9.08. The summed E-state index contributed by atoms with van der Waals surface area (Å²) < 4.78 is 28.9. The Kier molecular flexibility index (Phi) is 7.71. The number of sulfonamides is 1. The van der Waals surface area contributed by atoms with E-state index in [0.29, 0.717) is 47.6 Å². The van der Waals surface area contributed by atoms with Crippen LogP contribution in [0.5, 0.6) is 11.5 Å². The smallest absolute Gasteiger partial charge is 0.257 e. The summed E-state index contributed by atoms with van der Waals surface area (Å²) in [6.07, 6.45) is 3.16. The average molecular weight is 545 g/mol. The van der Waals surface area contributed by atoms with Gasteiger partial charge in [0.25, 0.3) is 5.91 Å². The van der Waals surface area contributed by atoms with Gasteiger partial charge in [0.05, 0.1) is 10.5 Å². The number of ether oxygens (including phenoxy) is 1. The number of nitrogens with one attached hydrogen (secondary N) is 2. The van der Waals surface area contributed by atoms with Crippen molar-refractivity contribution in [3.05, 3.63) is 96.7 Å². The van der Waals surface area contributed by atoms with E-state index in [9.17, 15) is 13.2 Å². The number of amides is 1. The third-order valence-corrected chi connectivity index (χ3v) is 7.25. The Morgan fingerprint density at radius 2 is 1.62 bits per heavy atom. The van der Waals surface area contributed by atoms with Crippen LogP contribution in [0.3, 0.4) is 0 Å². The molecule has 2 heterocycles. The lowest BCUT2D eigenvalue weighted by atomic mass is 10.0. The minimum atomic E-state index is -3.76. The van der Waals surface area contributed by atoms with Gasteiger partial charge in [-0.2, -0.15) is 4.98 Å². The number of benzene rings is 3. The van der Waals surface area contributed by atoms with Gasteiger partial charge in [-0.3, -0.25) is 4.79 Å². The van der Waals surface area contributed by atoms with Gasteiger partial charge in [0.2, 0.25) is 16.0 Å². The predicted octanol–water partition coefficient (Wildman–Crippen LogP) is 4.38. The van der Waals surface area contributed by atoms with Crippen LogP contribution < -0.4 is 20.5 Å². The Morgan fingerprint density at radius 1 is 0.923 bits per heavy atom. The summed E-state index contributed by atoms with van der Waals surface area (Å²) in [7, 11) is -3.76. The number of piperidine rings is 1. The molecular formula is C28H28N6O4S. The van der Waals surface area contributed by atoms with Gasteiger partial charge in [-0.05, 0) is 67.4 Å². The highest BCUT2D eigenvalue weighted by Gasteiger charge is 2.26. The molecule has 5 rings (SSSR count). The van der Waals surface area contributed by atoms with E-state index in [1.807, 2.05) is 53.4 Å². The van der Waals surface area contributed by atoms with Gasteiger partial charge in [-0.25, -0.2) is 18.5 Å². The molecule has 1 aromatic heterocycles. The fourth-order valence-electron chi connectivity index (χ4n) is 4.31. The number of nitrogens with two attached hydrogens (primary N) is 1. The summed E-state index contributed by atoms with van der Waals surface area (Å²) in [6, 6.07) is 24.7. The van der Waals surface area contributed by atoms with Crippen LogP contribution in [-0.2, 0) is 10.0 Å². The molecule has 1 aliphatic rings. The molecule has 1 aliphatic heterocycles. The number of aromatic nitrogens is 2. The highest BCUT2D eigenvalue weighted by Crippen LogP contribution is 2.27. The molecule has 0 radical (unpaired) electrons. The van der Waals surface area contributed by atoms with E-state index >= 15 is 0 Å². The largest absolute Gasteiger partial charge is 0.457 e. The number of carbonyl (C=O) groups is 1. The van der Waals surface area contributed by atoms with E-state index in [1.165, 1.54) is 12.1 Å². The number of hydrogen-bond acceptors (Lipinski definition) is 8. The van der Waals surface area contributed by atoms with Gasteiger partial charge < -0.3 is 20.3 Å². The maximum atomic E-state index is 13.3. The van der Waals surface area contributed by atoms with E-state index in [-0.39, 0.29) is 16.8 Å². The van der Waals surface area contributed by atoms with Gasteiger partial charge in [0.1, 0.15) is 17.3 Å². The first-order chi connectivity index (χ1) is 18.8. The molecule has 0 saturated carbocycles. The summed E-state index contributed by atoms with van der Waals surface area (Å²) in [5, 5.41) is 11.6. The van der Waals surface area contributed by atoms with Crippen molar-refractivity contribution in [2.24, 2.45) is 5.14 Å². The van der Waals surface area contributed by atoms with Crippen LogP contribution in [0, 0.1) is 0 Å². The Morgan fingerprint density at radius 3 is 2.33 bits per heavy atom. The van der Waals surface area contributed by atoms with Crippen molar-refractivity contribution in [3.8, 4) is 11.5 Å². The lowest BCUT2D eigenvalue weighted by molar-refractivity contribution is 0.0716. The average Bonchev–Trinajstić information content (AvgIpc) is 2.94. The highest BCUT2D eigenvalue weighted by molar-refractivity contribution is 7.89. The van der Waals surface area contributed by atoms with Gasteiger partial charge in [-0.15, -0.1) is 0 Å². The standard InChI is InChI=1S/C28H28N6O4S/c29-39(36,37)23-12-10-20(11-13-23)32-28-30-17-14-26(33-28)31-21-15-18-34(19-16-21)27(35)24-8-4-5-9-25(24)38-22-6-2-1-3-7-22/h1-14,17,21H,15-16,18-19H2,(H2,29,36,37)(H2,30,31,32,33). The molecule has 11 heteroatoms. The number of rotatable bonds is 8. The monoisotopic (exact) mass is 544 g/mol. The summed E-state index contributed by atoms with van der Waals surface area (Å²) in [4.78, 5) is 24.0. The number of anilines is 3. The molecule has 0 spiro atoms. The Bertz CT molecular complexity index is 1540. The van der Waals surface area contributed by atoms with Crippen molar-refractivity contribution < 1.29 is 17.9 Å². The van der Waals surface area contributed by atoms with Crippen LogP contribution >= 0.6 is 0 Å². The summed E-state index contributed by atoms with van der Waals surface area (Å²) in [6.45, 7) is 1.20. The van der Waals surface area contributed by atoms with Gasteiger partial charge in [0.15, 0.2) is 0 Å². The second-order valence-corrected chi connectivity index (χ2v) is 10.6. The fourth-order valence-corrected chi connectivity index (χ4v) is 4.83. The van der Waals surface area contributed by atoms with Crippen molar-refractivity contribution >= 4 is 33.4 Å². The SMILES string of the molecule is NS(=O)(=O)c1ccc(Nc2nccc(NC3CCN(C(=O)c4ccccc4Oc4ccccc4)CC3)n2)cc1. The van der Waals surface area contributed by atoms with Gasteiger partial charge in [0, 0.05) is 31.0 Å². The van der Waals surface area contributed by atoms with Crippen LogP contribution in [0.1, 0.15) is 23.2 Å². The minimum Gasteiger partial charge on any atom is -0.457 e. The number of primary sulfonamides is 1. The van der Waals surface area contributed by atoms with Crippen LogP contribution in [0.15, 0.2) is 96.0 Å². The van der Waals surface area contributed by atoms with Crippen LogP contribution in [0.4, 0.5) is 17.5 Å². The topological polar surface area (TPSA) is 140 Å². The molecule has 4 aromatic rings. The molecule has 3 aromatic carbocycles. The van der Waals surface area contributed by atoms with E-state index in [1.54, 1.807) is 30.5 Å².